The lowest BCUT2D eigenvalue weighted by molar-refractivity contribution is 0.340. The highest BCUT2D eigenvalue weighted by Gasteiger charge is 2.04. The Morgan fingerprint density at radius 2 is 1.89 bits per heavy atom. The summed E-state index contributed by atoms with van der Waals surface area (Å²) < 4.78 is 10.5. The lowest BCUT2D eigenvalue weighted by Gasteiger charge is -2.10. The Hall–Kier alpha value is -2.43. The van der Waals surface area contributed by atoms with Crippen molar-refractivity contribution in [2.24, 2.45) is 0 Å². The number of nitrogens with zero attached hydrogens (tertiary/aromatic N) is 1. The molecule has 0 aliphatic heterocycles. The van der Waals surface area contributed by atoms with Crippen molar-refractivity contribution in [2.45, 2.75) is 6.92 Å². The summed E-state index contributed by atoms with van der Waals surface area (Å²) in [6.07, 6.45) is 0. The van der Waals surface area contributed by atoms with Crippen LogP contribution in [0.3, 0.4) is 0 Å². The Labute approximate surface area is 112 Å². The van der Waals surface area contributed by atoms with E-state index in [0.29, 0.717) is 24.0 Å². The number of rotatable bonds is 5. The van der Waals surface area contributed by atoms with Crippen LogP contribution in [0.25, 0.3) is 0 Å². The molecule has 1 aromatic carbocycles. The Balaban J connectivity index is 2.16. The molecular formula is C14H17N3O2. The molecule has 1 aromatic heterocycles. The fraction of sp³-hybridized carbons (Fsp3) is 0.214. The highest BCUT2D eigenvalue weighted by atomic mass is 16.5. The highest BCUT2D eigenvalue weighted by Crippen LogP contribution is 2.24. The van der Waals surface area contributed by atoms with Gasteiger partial charge in [-0.1, -0.05) is 0 Å². The van der Waals surface area contributed by atoms with Crippen LogP contribution in [0.1, 0.15) is 6.92 Å². The average Bonchev–Trinajstić information content (AvgIpc) is 2.44. The van der Waals surface area contributed by atoms with E-state index in [2.05, 4.69) is 10.3 Å². The summed E-state index contributed by atoms with van der Waals surface area (Å²) in [6.45, 7) is 2.60. The van der Waals surface area contributed by atoms with Gasteiger partial charge in [0.1, 0.15) is 5.75 Å². The van der Waals surface area contributed by atoms with E-state index < -0.39 is 0 Å². The number of hydrogen-bond donors (Lipinski definition) is 2. The molecule has 0 bridgehead atoms. The normalized spacial score (nSPS) is 10.0. The van der Waals surface area contributed by atoms with E-state index in [1.54, 1.807) is 19.2 Å². The molecule has 0 atom stereocenters. The van der Waals surface area contributed by atoms with Gasteiger partial charge in [-0.15, -0.1) is 0 Å². The molecule has 0 saturated carbocycles. The first-order valence-corrected chi connectivity index (χ1v) is 6.03. The number of nitrogens with one attached hydrogen (secondary N) is 1. The lowest BCUT2D eigenvalue weighted by atomic mass is 10.3. The maximum absolute atomic E-state index is 5.86. The summed E-state index contributed by atoms with van der Waals surface area (Å²) in [5.41, 5.74) is 7.31. The number of methoxy groups -OCH3 is 1. The molecule has 0 aliphatic rings. The van der Waals surface area contributed by atoms with E-state index in [1.807, 2.05) is 31.2 Å². The van der Waals surface area contributed by atoms with Gasteiger partial charge in [-0.2, -0.15) is 4.98 Å². The number of aromatic nitrogens is 1. The first-order chi connectivity index (χ1) is 9.22. The van der Waals surface area contributed by atoms with Crippen LogP contribution in [-0.4, -0.2) is 18.7 Å². The van der Waals surface area contributed by atoms with Crippen molar-refractivity contribution in [1.29, 1.82) is 0 Å². The number of hydrogen-bond acceptors (Lipinski definition) is 5. The van der Waals surface area contributed by atoms with Gasteiger partial charge in [0, 0.05) is 11.8 Å². The third-order valence-electron chi connectivity index (χ3n) is 2.54. The molecule has 0 unspecified atom stereocenters. The smallest absolute Gasteiger partial charge is 0.215 e. The van der Waals surface area contributed by atoms with E-state index in [4.69, 9.17) is 15.2 Å². The number of pyridine rings is 1. The van der Waals surface area contributed by atoms with Crippen molar-refractivity contribution in [2.75, 3.05) is 24.8 Å². The van der Waals surface area contributed by atoms with Crippen LogP contribution in [0.5, 0.6) is 11.6 Å². The van der Waals surface area contributed by atoms with Gasteiger partial charge < -0.3 is 20.5 Å². The third-order valence-corrected chi connectivity index (χ3v) is 2.54. The van der Waals surface area contributed by atoms with Crippen LogP contribution in [0, 0.1) is 0 Å². The Morgan fingerprint density at radius 3 is 2.53 bits per heavy atom. The number of ether oxygens (including phenoxy) is 2. The van der Waals surface area contributed by atoms with Crippen molar-refractivity contribution >= 4 is 17.2 Å². The summed E-state index contributed by atoms with van der Waals surface area (Å²) in [5.74, 6) is 1.92. The molecule has 5 heteroatoms. The number of nitrogen functional groups attached to an aromatic ring is 1. The fourth-order valence-corrected chi connectivity index (χ4v) is 1.60. The van der Waals surface area contributed by atoms with Crippen molar-refractivity contribution in [3.63, 3.8) is 0 Å². The minimum absolute atomic E-state index is 0.516. The second-order valence-electron chi connectivity index (χ2n) is 3.87. The second-order valence-corrected chi connectivity index (χ2v) is 3.87. The van der Waals surface area contributed by atoms with Crippen molar-refractivity contribution in [1.82, 2.24) is 4.98 Å². The zero-order valence-electron chi connectivity index (χ0n) is 11.0. The summed E-state index contributed by atoms with van der Waals surface area (Å²) in [7, 11) is 1.57. The van der Waals surface area contributed by atoms with Gasteiger partial charge in [-0.05, 0) is 37.3 Å². The Bertz CT molecular complexity index is 541. The van der Waals surface area contributed by atoms with Crippen molar-refractivity contribution < 1.29 is 9.47 Å². The van der Waals surface area contributed by atoms with Gasteiger partial charge in [0.05, 0.1) is 19.4 Å². The van der Waals surface area contributed by atoms with Crippen molar-refractivity contribution in [3.05, 3.63) is 36.4 Å². The van der Waals surface area contributed by atoms with Gasteiger partial charge in [-0.25, -0.2) is 0 Å². The van der Waals surface area contributed by atoms with Crippen molar-refractivity contribution in [3.8, 4) is 11.6 Å². The van der Waals surface area contributed by atoms with E-state index in [9.17, 15) is 0 Å². The number of nitrogens with two attached hydrogens (primary N) is 1. The van der Waals surface area contributed by atoms with Crippen LogP contribution >= 0.6 is 0 Å². The van der Waals surface area contributed by atoms with Gasteiger partial charge in [0.2, 0.25) is 5.88 Å². The third kappa shape index (κ3) is 3.28. The largest absolute Gasteiger partial charge is 0.494 e. The van der Waals surface area contributed by atoms with Crippen LogP contribution in [0.2, 0.25) is 0 Å². The van der Waals surface area contributed by atoms with E-state index in [1.165, 1.54) is 0 Å². The zero-order valence-corrected chi connectivity index (χ0v) is 11.0. The average molecular weight is 259 g/mol. The van der Waals surface area contributed by atoms with E-state index >= 15 is 0 Å². The van der Waals surface area contributed by atoms with E-state index in [-0.39, 0.29) is 0 Å². The second kappa shape index (κ2) is 5.95. The summed E-state index contributed by atoms with van der Waals surface area (Å²) in [5, 5.41) is 3.14. The highest BCUT2D eigenvalue weighted by molar-refractivity contribution is 5.69. The molecule has 3 N–H and O–H groups in total. The van der Waals surface area contributed by atoms with Crippen LogP contribution in [0.4, 0.5) is 17.2 Å². The standard InChI is InChI=1S/C14H17N3O2/c1-3-19-11-6-4-10(5-7-11)16-14-12(15)8-9-13(17-14)18-2/h4-9H,3,15H2,1-2H3,(H,16,17). The molecule has 5 nitrogen and oxygen atoms in total. The van der Waals surface area contributed by atoms with Crippen LogP contribution < -0.4 is 20.5 Å². The van der Waals surface area contributed by atoms with Crippen LogP contribution in [-0.2, 0) is 0 Å². The molecule has 2 rings (SSSR count). The Kier molecular flexibility index (Phi) is 4.07. The van der Waals surface area contributed by atoms with Gasteiger partial charge in [0.25, 0.3) is 0 Å². The molecule has 2 aromatic rings. The zero-order chi connectivity index (χ0) is 13.7. The topological polar surface area (TPSA) is 69.4 Å². The molecule has 0 aliphatic carbocycles. The molecule has 0 radical (unpaired) electrons. The molecule has 0 fully saturated rings. The maximum atomic E-state index is 5.86. The van der Waals surface area contributed by atoms with Gasteiger partial charge in [0.15, 0.2) is 5.82 Å². The molecule has 0 saturated heterocycles. The fourth-order valence-electron chi connectivity index (χ4n) is 1.60. The summed E-state index contributed by atoms with van der Waals surface area (Å²) in [6, 6.07) is 11.1. The SMILES string of the molecule is CCOc1ccc(Nc2nc(OC)ccc2N)cc1. The van der Waals surface area contributed by atoms with E-state index in [0.717, 1.165) is 11.4 Å². The quantitative estimate of drug-likeness (QED) is 0.864. The molecule has 100 valence electrons. The summed E-state index contributed by atoms with van der Waals surface area (Å²) >= 11 is 0. The first kappa shape index (κ1) is 13.0. The minimum Gasteiger partial charge on any atom is -0.494 e. The molecule has 19 heavy (non-hydrogen) atoms. The number of anilines is 3. The molecule has 0 amide bonds. The minimum atomic E-state index is 0.516. The lowest BCUT2D eigenvalue weighted by Crippen LogP contribution is -2.00. The summed E-state index contributed by atoms with van der Waals surface area (Å²) in [4.78, 5) is 4.26. The van der Waals surface area contributed by atoms with Gasteiger partial charge >= 0.3 is 0 Å². The Morgan fingerprint density at radius 1 is 1.16 bits per heavy atom. The molecule has 1 heterocycles. The predicted molar refractivity (Wildman–Crippen MR) is 76.1 cm³/mol. The maximum Gasteiger partial charge on any atom is 0.215 e. The van der Waals surface area contributed by atoms with Crippen LogP contribution in [0.15, 0.2) is 36.4 Å². The monoisotopic (exact) mass is 259 g/mol. The first-order valence-electron chi connectivity index (χ1n) is 6.03. The number of benzene rings is 1. The molecular weight excluding hydrogens is 242 g/mol. The van der Waals surface area contributed by atoms with Gasteiger partial charge in [-0.3, -0.25) is 0 Å². The predicted octanol–water partition coefficient (Wildman–Crippen LogP) is 2.81. The molecule has 0 spiro atoms.